The van der Waals surface area contributed by atoms with E-state index in [1.165, 1.54) is 0 Å². The summed E-state index contributed by atoms with van der Waals surface area (Å²) in [5, 5.41) is 3.16. The van der Waals surface area contributed by atoms with Crippen LogP contribution >= 0.6 is 15.9 Å². The number of halogens is 1. The lowest BCUT2D eigenvalue weighted by Gasteiger charge is -2.01. The van der Waals surface area contributed by atoms with Gasteiger partial charge in [0, 0.05) is 13.0 Å². The second kappa shape index (κ2) is 8.61. The van der Waals surface area contributed by atoms with Gasteiger partial charge in [0.1, 0.15) is 0 Å². The molecule has 12 heavy (non-hydrogen) atoms. The van der Waals surface area contributed by atoms with Crippen molar-refractivity contribution >= 4 is 21.8 Å². The molecule has 0 radical (unpaired) electrons. The molecule has 0 rings (SSSR count). The second-order valence-electron chi connectivity index (χ2n) is 2.50. The number of nitrogens with one attached hydrogen (secondary N) is 1. The van der Waals surface area contributed by atoms with Gasteiger partial charge >= 0.3 is 0 Å². The van der Waals surface area contributed by atoms with E-state index in [0.717, 1.165) is 32.2 Å². The maximum Gasteiger partial charge on any atom is 0.230 e. The van der Waals surface area contributed by atoms with Gasteiger partial charge in [-0.2, -0.15) is 0 Å². The Bertz CT molecular complexity index is 162. The number of hydrogen-bond acceptors (Lipinski definition) is 1. The van der Waals surface area contributed by atoms with E-state index in [0.29, 0.717) is 5.33 Å². The zero-order valence-electron chi connectivity index (χ0n) is 7.11. The largest absolute Gasteiger partial charge is 0.355 e. The van der Waals surface area contributed by atoms with Crippen LogP contribution in [0.4, 0.5) is 0 Å². The first-order valence-corrected chi connectivity index (χ1v) is 5.19. The summed E-state index contributed by atoms with van der Waals surface area (Å²) < 4.78 is 0. The fourth-order valence-corrected chi connectivity index (χ4v) is 1.00. The summed E-state index contributed by atoms with van der Waals surface area (Å²) in [6, 6.07) is 0. The highest BCUT2D eigenvalue weighted by molar-refractivity contribution is 9.09. The van der Waals surface area contributed by atoms with Gasteiger partial charge in [-0.25, -0.2) is 0 Å². The maximum absolute atomic E-state index is 10.7. The molecule has 0 fully saturated rings. The molecule has 0 aliphatic rings. The van der Waals surface area contributed by atoms with E-state index in [1.54, 1.807) is 0 Å². The molecule has 0 spiro atoms. The van der Waals surface area contributed by atoms with E-state index >= 15 is 0 Å². The fraction of sp³-hybridized carbons (Fsp3) is 0.667. The predicted molar refractivity (Wildman–Crippen MR) is 54.1 cm³/mol. The SMILES string of the molecule is C#CCCCCCNC(=O)CBr. The minimum Gasteiger partial charge on any atom is -0.355 e. The van der Waals surface area contributed by atoms with Crippen LogP contribution < -0.4 is 5.32 Å². The van der Waals surface area contributed by atoms with Crippen molar-refractivity contribution in [1.29, 1.82) is 0 Å². The predicted octanol–water partition coefficient (Wildman–Crippen LogP) is 1.69. The molecule has 1 N–H and O–H groups in total. The summed E-state index contributed by atoms with van der Waals surface area (Å²) in [6.45, 7) is 0.759. The summed E-state index contributed by atoms with van der Waals surface area (Å²) >= 11 is 3.07. The fourth-order valence-electron chi connectivity index (χ4n) is 0.804. The molecule has 2 nitrogen and oxygen atoms in total. The summed E-state index contributed by atoms with van der Waals surface area (Å²) in [5.41, 5.74) is 0. The van der Waals surface area contributed by atoms with Crippen molar-refractivity contribution in [2.45, 2.75) is 25.7 Å². The van der Waals surface area contributed by atoms with Crippen molar-refractivity contribution in [3.63, 3.8) is 0 Å². The topological polar surface area (TPSA) is 29.1 Å². The van der Waals surface area contributed by atoms with E-state index in [1.807, 2.05) is 0 Å². The third-order valence-electron chi connectivity index (χ3n) is 1.44. The van der Waals surface area contributed by atoms with Crippen molar-refractivity contribution in [2.24, 2.45) is 0 Å². The lowest BCUT2D eigenvalue weighted by molar-refractivity contribution is -0.118. The molecule has 0 aromatic heterocycles. The quantitative estimate of drug-likeness (QED) is 0.421. The van der Waals surface area contributed by atoms with Crippen LogP contribution in [0.2, 0.25) is 0 Å². The third-order valence-corrected chi connectivity index (χ3v) is 1.95. The van der Waals surface area contributed by atoms with E-state index < -0.39 is 0 Å². The Hall–Kier alpha value is -0.490. The molecule has 68 valence electrons. The van der Waals surface area contributed by atoms with E-state index in [2.05, 4.69) is 27.2 Å². The Morgan fingerprint density at radius 3 is 2.75 bits per heavy atom. The molecule has 0 aromatic carbocycles. The van der Waals surface area contributed by atoms with Gasteiger partial charge < -0.3 is 5.32 Å². The average molecular weight is 232 g/mol. The minimum absolute atomic E-state index is 0.0481. The normalized spacial score (nSPS) is 9.00. The average Bonchev–Trinajstić information content (AvgIpc) is 2.10. The highest BCUT2D eigenvalue weighted by Gasteiger charge is 1.95. The molecule has 0 aromatic rings. The van der Waals surface area contributed by atoms with Crippen LogP contribution in [0.5, 0.6) is 0 Å². The minimum atomic E-state index is 0.0481. The monoisotopic (exact) mass is 231 g/mol. The second-order valence-corrected chi connectivity index (χ2v) is 3.06. The number of rotatable bonds is 6. The van der Waals surface area contributed by atoms with Gasteiger partial charge in [-0.15, -0.1) is 12.3 Å². The van der Waals surface area contributed by atoms with Gasteiger partial charge in [0.25, 0.3) is 0 Å². The summed E-state index contributed by atoms with van der Waals surface area (Å²) in [5.74, 6) is 2.63. The third kappa shape index (κ3) is 7.62. The number of hydrogen-bond donors (Lipinski definition) is 1. The van der Waals surface area contributed by atoms with Crippen molar-refractivity contribution in [1.82, 2.24) is 5.32 Å². The molecule has 0 atom stereocenters. The highest BCUT2D eigenvalue weighted by atomic mass is 79.9. The summed E-state index contributed by atoms with van der Waals surface area (Å²) in [4.78, 5) is 10.7. The first-order valence-electron chi connectivity index (χ1n) is 4.07. The van der Waals surface area contributed by atoms with Crippen LogP contribution in [0, 0.1) is 12.3 Å². The number of alkyl halides is 1. The van der Waals surface area contributed by atoms with Gasteiger partial charge in [0.05, 0.1) is 5.33 Å². The number of amides is 1. The number of unbranched alkanes of at least 4 members (excludes halogenated alkanes) is 3. The van der Waals surface area contributed by atoms with Crippen molar-refractivity contribution < 1.29 is 4.79 Å². The van der Waals surface area contributed by atoms with Gasteiger partial charge in [-0.3, -0.25) is 4.79 Å². The lowest BCUT2D eigenvalue weighted by Crippen LogP contribution is -2.25. The van der Waals surface area contributed by atoms with E-state index in [9.17, 15) is 4.79 Å². The molecule has 0 aliphatic heterocycles. The molecular formula is C9H14BrNO. The smallest absolute Gasteiger partial charge is 0.230 e. The van der Waals surface area contributed by atoms with Crippen molar-refractivity contribution in [2.75, 3.05) is 11.9 Å². The lowest BCUT2D eigenvalue weighted by atomic mass is 10.2. The molecule has 0 aliphatic carbocycles. The summed E-state index contributed by atoms with van der Waals surface area (Å²) in [6.07, 6.45) is 9.09. The number of carbonyl (C=O) groups excluding carboxylic acids is 1. The molecule has 1 amide bonds. The van der Waals surface area contributed by atoms with Crippen LogP contribution in [-0.4, -0.2) is 17.8 Å². The molecular weight excluding hydrogens is 218 g/mol. The Labute approximate surface area is 82.2 Å². The van der Waals surface area contributed by atoms with Crippen LogP contribution in [0.3, 0.4) is 0 Å². The van der Waals surface area contributed by atoms with E-state index in [4.69, 9.17) is 6.42 Å². The van der Waals surface area contributed by atoms with Gasteiger partial charge in [-0.05, 0) is 12.8 Å². The first kappa shape index (κ1) is 11.5. The van der Waals surface area contributed by atoms with Gasteiger partial charge in [-0.1, -0.05) is 22.4 Å². The number of carbonyl (C=O) groups is 1. The maximum atomic E-state index is 10.7. The molecule has 0 bridgehead atoms. The number of terminal acetylenes is 1. The van der Waals surface area contributed by atoms with Crippen LogP contribution in [0.25, 0.3) is 0 Å². The Kier molecular flexibility index (Phi) is 8.25. The molecule has 0 saturated carbocycles. The van der Waals surface area contributed by atoms with Gasteiger partial charge in [0.15, 0.2) is 0 Å². The van der Waals surface area contributed by atoms with Crippen LogP contribution in [0.15, 0.2) is 0 Å². The van der Waals surface area contributed by atoms with E-state index in [-0.39, 0.29) is 5.91 Å². The zero-order valence-corrected chi connectivity index (χ0v) is 8.69. The molecule has 0 heterocycles. The Morgan fingerprint density at radius 2 is 2.17 bits per heavy atom. The van der Waals surface area contributed by atoms with Crippen molar-refractivity contribution in [3.8, 4) is 12.3 Å². The van der Waals surface area contributed by atoms with Crippen LogP contribution in [-0.2, 0) is 4.79 Å². The van der Waals surface area contributed by atoms with Crippen molar-refractivity contribution in [3.05, 3.63) is 0 Å². The zero-order chi connectivity index (χ0) is 9.23. The van der Waals surface area contributed by atoms with Crippen LogP contribution in [0.1, 0.15) is 25.7 Å². The molecule has 0 saturated heterocycles. The van der Waals surface area contributed by atoms with Gasteiger partial charge in [0.2, 0.25) is 5.91 Å². The molecule has 0 unspecified atom stereocenters. The Balaban J connectivity index is 3.01. The first-order chi connectivity index (χ1) is 5.81. The standard InChI is InChI=1S/C9H14BrNO/c1-2-3-4-5-6-7-11-9(12)8-10/h1H,3-8H2,(H,11,12). The molecule has 3 heteroatoms. The summed E-state index contributed by atoms with van der Waals surface area (Å²) in [7, 11) is 0. The Morgan fingerprint density at radius 1 is 1.42 bits per heavy atom. The highest BCUT2D eigenvalue weighted by Crippen LogP contribution is 1.96.